The Morgan fingerprint density at radius 3 is 2.47 bits per heavy atom. The molecule has 4 heteroatoms. The van der Waals surface area contributed by atoms with E-state index in [1.165, 1.54) is 25.7 Å². The zero-order valence-electron chi connectivity index (χ0n) is 19.5. The Balaban J connectivity index is 1.66. The van der Waals surface area contributed by atoms with Gasteiger partial charge in [-0.1, -0.05) is 47.0 Å². The van der Waals surface area contributed by atoms with E-state index < -0.39 is 5.97 Å². The summed E-state index contributed by atoms with van der Waals surface area (Å²) in [4.78, 5) is 11.1. The molecular formula is C26H44O4. The van der Waals surface area contributed by atoms with Crippen molar-refractivity contribution in [3.63, 3.8) is 0 Å². The number of hydrogen-bond acceptors (Lipinski definition) is 3. The third kappa shape index (κ3) is 3.27. The van der Waals surface area contributed by atoms with Crippen LogP contribution < -0.4 is 0 Å². The molecule has 4 nitrogen and oxygen atoms in total. The van der Waals surface area contributed by atoms with Crippen LogP contribution in [0.2, 0.25) is 0 Å². The molecule has 0 amide bonds. The minimum absolute atomic E-state index is 0.00956. The highest BCUT2D eigenvalue weighted by molar-refractivity contribution is 5.66. The van der Waals surface area contributed by atoms with Crippen LogP contribution in [0.5, 0.6) is 0 Å². The molecule has 0 bridgehead atoms. The summed E-state index contributed by atoms with van der Waals surface area (Å²) < 4.78 is 0. The first-order valence-corrected chi connectivity index (χ1v) is 12.7. The number of hydrogen-bond donors (Lipinski definition) is 3. The van der Waals surface area contributed by atoms with Crippen LogP contribution in [-0.2, 0) is 4.79 Å². The fraction of sp³-hybridized carbons (Fsp3) is 0.962. The molecule has 0 aromatic rings. The lowest BCUT2D eigenvalue weighted by Crippen LogP contribution is -2.65. The van der Waals surface area contributed by atoms with Gasteiger partial charge in [0.05, 0.1) is 12.2 Å². The van der Waals surface area contributed by atoms with E-state index in [2.05, 4.69) is 27.7 Å². The van der Waals surface area contributed by atoms with Crippen molar-refractivity contribution in [2.75, 3.05) is 0 Å². The van der Waals surface area contributed by atoms with Gasteiger partial charge in [0, 0.05) is 6.42 Å². The average molecular weight is 421 g/mol. The molecule has 0 aromatic carbocycles. The minimum atomic E-state index is -0.713. The summed E-state index contributed by atoms with van der Waals surface area (Å²) in [6.45, 7) is 9.25. The number of carboxylic acids is 1. The highest BCUT2D eigenvalue weighted by Gasteiger charge is 2.66. The molecule has 4 saturated carbocycles. The molecule has 0 heterocycles. The number of aliphatic hydroxyl groups is 2. The molecule has 11 unspecified atom stereocenters. The normalized spacial score (nSPS) is 51.5. The van der Waals surface area contributed by atoms with Crippen molar-refractivity contribution in [1.29, 1.82) is 0 Å². The van der Waals surface area contributed by atoms with Crippen LogP contribution in [0.1, 0.15) is 91.9 Å². The highest BCUT2D eigenvalue weighted by Crippen LogP contribution is 2.69. The van der Waals surface area contributed by atoms with E-state index in [9.17, 15) is 15.0 Å². The topological polar surface area (TPSA) is 77.8 Å². The van der Waals surface area contributed by atoms with Crippen molar-refractivity contribution in [3.8, 4) is 0 Å². The number of fused-ring (bicyclic) bond motifs is 5. The quantitative estimate of drug-likeness (QED) is 0.577. The van der Waals surface area contributed by atoms with Gasteiger partial charge in [0.25, 0.3) is 0 Å². The molecule has 0 aromatic heterocycles. The lowest BCUT2D eigenvalue weighted by Gasteiger charge is -2.65. The van der Waals surface area contributed by atoms with E-state index >= 15 is 0 Å². The summed E-state index contributed by atoms with van der Waals surface area (Å²) >= 11 is 0. The molecule has 0 saturated heterocycles. The lowest BCUT2D eigenvalue weighted by atomic mass is 9.41. The number of aliphatic carboxylic acids is 1. The second-order valence-electron chi connectivity index (χ2n) is 12.0. The summed E-state index contributed by atoms with van der Waals surface area (Å²) in [5, 5.41) is 32.5. The second kappa shape index (κ2) is 8.06. The number of carboxylic acid groups (broad SMARTS) is 1. The molecule has 4 aliphatic rings. The SMILES string of the molecule is CCC1C(O)C2C3CCC(C(C)CCC(=O)O)C3(C)CC(O)C2C2(C)CCCCC12. The van der Waals surface area contributed by atoms with Gasteiger partial charge in [0.1, 0.15) is 0 Å². The van der Waals surface area contributed by atoms with Gasteiger partial charge in [0.2, 0.25) is 0 Å². The maximum absolute atomic E-state index is 11.7. The van der Waals surface area contributed by atoms with Crippen LogP contribution in [0.25, 0.3) is 0 Å². The molecule has 0 radical (unpaired) electrons. The molecule has 30 heavy (non-hydrogen) atoms. The molecule has 4 rings (SSSR count). The van der Waals surface area contributed by atoms with Gasteiger partial charge in [-0.15, -0.1) is 0 Å². The van der Waals surface area contributed by atoms with Gasteiger partial charge >= 0.3 is 5.97 Å². The van der Waals surface area contributed by atoms with Crippen LogP contribution in [0.4, 0.5) is 0 Å². The van der Waals surface area contributed by atoms with Gasteiger partial charge in [-0.2, -0.15) is 0 Å². The fourth-order valence-electron chi connectivity index (χ4n) is 9.68. The van der Waals surface area contributed by atoms with Gasteiger partial charge in [-0.05, 0) is 90.8 Å². The van der Waals surface area contributed by atoms with Crippen LogP contribution in [0.3, 0.4) is 0 Å². The van der Waals surface area contributed by atoms with E-state index in [1.807, 2.05) is 0 Å². The molecule has 172 valence electrons. The molecular weight excluding hydrogens is 376 g/mol. The smallest absolute Gasteiger partial charge is 0.303 e. The number of rotatable bonds is 5. The first kappa shape index (κ1) is 22.6. The first-order chi connectivity index (χ1) is 14.1. The second-order valence-corrected chi connectivity index (χ2v) is 12.0. The Labute approximate surface area is 182 Å². The van der Waals surface area contributed by atoms with Crippen LogP contribution in [-0.4, -0.2) is 33.5 Å². The summed E-state index contributed by atoms with van der Waals surface area (Å²) in [5.41, 5.74) is 0.159. The van der Waals surface area contributed by atoms with Crippen molar-refractivity contribution in [1.82, 2.24) is 0 Å². The summed E-state index contributed by atoms with van der Waals surface area (Å²) in [6, 6.07) is 0. The Morgan fingerprint density at radius 2 is 1.80 bits per heavy atom. The molecule has 4 aliphatic carbocycles. The van der Waals surface area contributed by atoms with Gasteiger partial charge in [0.15, 0.2) is 0 Å². The van der Waals surface area contributed by atoms with Gasteiger partial charge in [-0.3, -0.25) is 4.79 Å². The third-order valence-electron chi connectivity index (χ3n) is 10.8. The van der Waals surface area contributed by atoms with Gasteiger partial charge in [-0.25, -0.2) is 0 Å². The van der Waals surface area contributed by atoms with Gasteiger partial charge < -0.3 is 15.3 Å². The van der Waals surface area contributed by atoms with Crippen molar-refractivity contribution < 1.29 is 20.1 Å². The highest BCUT2D eigenvalue weighted by atomic mass is 16.4. The summed E-state index contributed by atoms with van der Waals surface area (Å²) in [7, 11) is 0. The van der Waals surface area contributed by atoms with Crippen molar-refractivity contribution in [2.45, 2.75) is 104 Å². The van der Waals surface area contributed by atoms with E-state index in [0.717, 1.165) is 25.7 Å². The minimum Gasteiger partial charge on any atom is -0.481 e. The molecule has 11 atom stereocenters. The van der Waals surface area contributed by atoms with E-state index in [4.69, 9.17) is 5.11 Å². The number of carbonyl (C=O) groups is 1. The predicted molar refractivity (Wildman–Crippen MR) is 118 cm³/mol. The van der Waals surface area contributed by atoms with E-state index in [-0.39, 0.29) is 41.3 Å². The fourth-order valence-corrected chi connectivity index (χ4v) is 9.68. The lowest BCUT2D eigenvalue weighted by molar-refractivity contribution is -0.229. The van der Waals surface area contributed by atoms with Crippen molar-refractivity contribution in [3.05, 3.63) is 0 Å². The monoisotopic (exact) mass is 420 g/mol. The van der Waals surface area contributed by atoms with E-state index in [0.29, 0.717) is 36.0 Å². The zero-order chi connectivity index (χ0) is 21.8. The zero-order valence-corrected chi connectivity index (χ0v) is 19.5. The molecule has 4 fully saturated rings. The maximum atomic E-state index is 11.7. The predicted octanol–water partition coefficient (Wildman–Crippen LogP) is 5.11. The number of aliphatic hydroxyl groups excluding tert-OH is 2. The average Bonchev–Trinajstić information content (AvgIpc) is 3.02. The molecule has 0 spiro atoms. The largest absolute Gasteiger partial charge is 0.481 e. The van der Waals surface area contributed by atoms with Crippen LogP contribution in [0.15, 0.2) is 0 Å². The van der Waals surface area contributed by atoms with Crippen LogP contribution in [0, 0.1) is 52.3 Å². The maximum Gasteiger partial charge on any atom is 0.303 e. The third-order valence-corrected chi connectivity index (χ3v) is 10.8. The Hall–Kier alpha value is -0.610. The summed E-state index contributed by atoms with van der Waals surface area (Å²) in [5.74, 6) is 1.84. The van der Waals surface area contributed by atoms with Crippen molar-refractivity contribution >= 4 is 5.97 Å². The van der Waals surface area contributed by atoms with Crippen LogP contribution >= 0.6 is 0 Å². The molecule has 0 aliphatic heterocycles. The standard InChI is InChI=1S/C26H44O4/c1-5-16-18-8-6-7-13-25(18,3)23-20(27)14-26(4)17(15(2)9-12-21(28)29)10-11-19(26)22(23)24(16)30/h15-20,22-24,27,30H,5-14H2,1-4H3,(H,28,29). The molecule has 3 N–H and O–H groups in total. The summed E-state index contributed by atoms with van der Waals surface area (Å²) in [6.07, 6.45) is 9.31. The Kier molecular flexibility index (Phi) is 6.07. The first-order valence-electron chi connectivity index (χ1n) is 12.7. The Bertz CT molecular complexity index is 649. The Morgan fingerprint density at radius 1 is 1.07 bits per heavy atom. The van der Waals surface area contributed by atoms with Crippen molar-refractivity contribution in [2.24, 2.45) is 52.3 Å². The van der Waals surface area contributed by atoms with E-state index in [1.54, 1.807) is 0 Å².